The largest absolute Gasteiger partial charge is 0.315 e. The highest BCUT2D eigenvalue weighted by Crippen LogP contribution is 2.46. The highest BCUT2D eigenvalue weighted by Gasteiger charge is 2.36. The smallest absolute Gasteiger partial charge is 0.0335 e. The van der Waals surface area contributed by atoms with Gasteiger partial charge in [0.2, 0.25) is 0 Å². The van der Waals surface area contributed by atoms with Crippen LogP contribution in [0.25, 0.3) is 0 Å². The van der Waals surface area contributed by atoms with E-state index in [1.54, 1.807) is 5.56 Å². The third-order valence-electron chi connectivity index (χ3n) is 3.58. The molecule has 3 rings (SSSR count). The van der Waals surface area contributed by atoms with Crippen LogP contribution in [0, 0.1) is 0 Å². The van der Waals surface area contributed by atoms with E-state index in [1.807, 2.05) is 0 Å². The minimum atomic E-state index is 0.507. The number of fused-ring (bicyclic) bond motifs is 1. The summed E-state index contributed by atoms with van der Waals surface area (Å²) >= 11 is 2.12. The summed E-state index contributed by atoms with van der Waals surface area (Å²) in [5.74, 6) is 0. The Balaban J connectivity index is 1.87. The van der Waals surface area contributed by atoms with E-state index in [1.165, 1.54) is 43.7 Å². The molecular weight excluding hydrogens is 202 g/mol. The Bertz CT molecular complexity index is 355. The van der Waals surface area contributed by atoms with Crippen molar-refractivity contribution in [1.82, 2.24) is 5.32 Å². The van der Waals surface area contributed by atoms with Gasteiger partial charge in [-0.3, -0.25) is 0 Å². The Labute approximate surface area is 95.6 Å². The van der Waals surface area contributed by atoms with Crippen LogP contribution in [0.15, 0.2) is 29.2 Å². The maximum Gasteiger partial charge on any atom is 0.0335 e. The molecule has 80 valence electrons. The number of thioether (sulfide) groups is 1. The molecule has 1 nitrogen and oxygen atoms in total. The van der Waals surface area contributed by atoms with Crippen LogP contribution in [0.3, 0.4) is 0 Å². The average molecular weight is 219 g/mol. The third-order valence-corrected chi connectivity index (χ3v) is 5.19. The van der Waals surface area contributed by atoms with E-state index >= 15 is 0 Å². The zero-order valence-electron chi connectivity index (χ0n) is 8.96. The molecule has 0 amide bonds. The Morgan fingerprint density at radius 2 is 2.13 bits per heavy atom. The fourth-order valence-electron chi connectivity index (χ4n) is 2.70. The number of rotatable bonds is 0. The molecule has 1 atom stereocenters. The summed E-state index contributed by atoms with van der Waals surface area (Å²) in [7, 11) is 0. The van der Waals surface area contributed by atoms with Gasteiger partial charge in [0, 0.05) is 16.2 Å². The number of hydrogen-bond donors (Lipinski definition) is 1. The fourth-order valence-corrected chi connectivity index (χ4v) is 4.24. The lowest BCUT2D eigenvalue weighted by molar-refractivity contribution is 0.391. The molecule has 1 aromatic carbocycles. The first-order valence-electron chi connectivity index (χ1n) is 5.86. The zero-order chi connectivity index (χ0) is 10.1. The van der Waals surface area contributed by atoms with Gasteiger partial charge in [0.15, 0.2) is 0 Å². The molecule has 0 aliphatic carbocycles. The van der Waals surface area contributed by atoms with Crippen molar-refractivity contribution in [2.24, 2.45) is 0 Å². The van der Waals surface area contributed by atoms with Crippen LogP contribution in [0.5, 0.6) is 0 Å². The quantitative estimate of drug-likeness (QED) is 0.720. The van der Waals surface area contributed by atoms with Crippen LogP contribution in [0.4, 0.5) is 0 Å². The highest BCUT2D eigenvalue weighted by atomic mass is 32.2. The van der Waals surface area contributed by atoms with Crippen LogP contribution in [0.2, 0.25) is 0 Å². The minimum absolute atomic E-state index is 0.507. The van der Waals surface area contributed by atoms with Crippen molar-refractivity contribution in [3.8, 4) is 0 Å². The second kappa shape index (κ2) is 3.84. The van der Waals surface area contributed by atoms with Crippen LogP contribution >= 0.6 is 11.8 Å². The molecule has 2 aliphatic heterocycles. The standard InChI is InChI=1S/C13H17NS/c1-2-5-12-11(4-1)6-8-13(15-12)7-3-9-14-10-13/h1-2,4-5,14H,3,6-10H2. The third kappa shape index (κ3) is 1.81. The topological polar surface area (TPSA) is 12.0 Å². The SMILES string of the molecule is c1ccc2c(c1)CCC1(CCCNC1)S2. The van der Waals surface area contributed by atoms with Gasteiger partial charge in [-0.25, -0.2) is 0 Å². The second-order valence-corrected chi connectivity index (χ2v) is 6.18. The molecule has 1 N–H and O–H groups in total. The summed E-state index contributed by atoms with van der Waals surface area (Å²) in [6, 6.07) is 8.90. The van der Waals surface area contributed by atoms with Gasteiger partial charge in [0.1, 0.15) is 0 Å². The maximum atomic E-state index is 3.56. The van der Waals surface area contributed by atoms with Crippen LogP contribution in [-0.4, -0.2) is 17.8 Å². The Kier molecular flexibility index (Phi) is 2.49. The molecular formula is C13H17NS. The summed E-state index contributed by atoms with van der Waals surface area (Å²) < 4.78 is 0.507. The lowest BCUT2D eigenvalue weighted by atomic mass is 9.91. The number of benzene rings is 1. The van der Waals surface area contributed by atoms with Crippen molar-refractivity contribution in [2.45, 2.75) is 35.3 Å². The molecule has 0 saturated carbocycles. The molecule has 1 unspecified atom stereocenters. The molecule has 2 heteroatoms. The predicted octanol–water partition coefficient (Wildman–Crippen LogP) is 2.85. The summed E-state index contributed by atoms with van der Waals surface area (Å²) in [6.45, 7) is 2.41. The molecule has 2 aliphatic rings. The van der Waals surface area contributed by atoms with Crippen LogP contribution in [0.1, 0.15) is 24.8 Å². The number of nitrogens with one attached hydrogen (secondary N) is 1. The first-order chi connectivity index (χ1) is 7.38. The molecule has 1 fully saturated rings. The Morgan fingerprint density at radius 3 is 3.00 bits per heavy atom. The number of aryl methyl sites for hydroxylation is 1. The van der Waals surface area contributed by atoms with E-state index < -0.39 is 0 Å². The van der Waals surface area contributed by atoms with E-state index in [-0.39, 0.29) is 0 Å². The summed E-state index contributed by atoms with van der Waals surface area (Å²) in [5, 5.41) is 3.56. The minimum Gasteiger partial charge on any atom is -0.315 e. The van der Waals surface area contributed by atoms with Gasteiger partial charge < -0.3 is 5.32 Å². The zero-order valence-corrected chi connectivity index (χ0v) is 9.78. The fraction of sp³-hybridized carbons (Fsp3) is 0.538. The van der Waals surface area contributed by atoms with Crippen molar-refractivity contribution in [3.05, 3.63) is 29.8 Å². The van der Waals surface area contributed by atoms with E-state index in [4.69, 9.17) is 0 Å². The van der Waals surface area contributed by atoms with E-state index in [9.17, 15) is 0 Å². The first kappa shape index (κ1) is 9.73. The van der Waals surface area contributed by atoms with Gasteiger partial charge in [-0.15, -0.1) is 11.8 Å². The maximum absolute atomic E-state index is 3.56. The summed E-state index contributed by atoms with van der Waals surface area (Å²) in [6.07, 6.45) is 5.35. The van der Waals surface area contributed by atoms with Crippen LogP contribution in [-0.2, 0) is 6.42 Å². The van der Waals surface area contributed by atoms with Gasteiger partial charge in [-0.2, -0.15) is 0 Å². The number of piperidine rings is 1. The van der Waals surface area contributed by atoms with E-state index in [0.717, 1.165) is 0 Å². The molecule has 0 radical (unpaired) electrons. The number of hydrogen-bond acceptors (Lipinski definition) is 2. The average Bonchev–Trinajstić information content (AvgIpc) is 2.30. The molecule has 1 aromatic rings. The monoisotopic (exact) mass is 219 g/mol. The van der Waals surface area contributed by atoms with E-state index in [0.29, 0.717) is 4.75 Å². The van der Waals surface area contributed by atoms with E-state index in [2.05, 4.69) is 41.3 Å². The summed E-state index contributed by atoms with van der Waals surface area (Å²) in [5.41, 5.74) is 1.55. The second-order valence-electron chi connectivity index (χ2n) is 4.67. The van der Waals surface area contributed by atoms with Crippen molar-refractivity contribution >= 4 is 11.8 Å². The molecule has 0 aromatic heterocycles. The van der Waals surface area contributed by atoms with Crippen molar-refractivity contribution < 1.29 is 0 Å². The lowest BCUT2D eigenvalue weighted by Crippen LogP contribution is -2.44. The van der Waals surface area contributed by atoms with Gasteiger partial charge >= 0.3 is 0 Å². The molecule has 15 heavy (non-hydrogen) atoms. The van der Waals surface area contributed by atoms with Crippen molar-refractivity contribution in [2.75, 3.05) is 13.1 Å². The van der Waals surface area contributed by atoms with Gasteiger partial charge in [0.25, 0.3) is 0 Å². The predicted molar refractivity (Wildman–Crippen MR) is 65.5 cm³/mol. The van der Waals surface area contributed by atoms with Gasteiger partial charge in [-0.05, 0) is 43.9 Å². The Hall–Kier alpha value is -0.470. The lowest BCUT2D eigenvalue weighted by Gasteiger charge is -2.40. The van der Waals surface area contributed by atoms with Gasteiger partial charge in [0.05, 0.1) is 0 Å². The highest BCUT2D eigenvalue weighted by molar-refractivity contribution is 8.00. The molecule has 1 saturated heterocycles. The van der Waals surface area contributed by atoms with Crippen LogP contribution < -0.4 is 5.32 Å². The summed E-state index contributed by atoms with van der Waals surface area (Å²) in [4.78, 5) is 1.52. The van der Waals surface area contributed by atoms with Crippen molar-refractivity contribution in [1.29, 1.82) is 0 Å². The molecule has 0 bridgehead atoms. The molecule has 2 heterocycles. The van der Waals surface area contributed by atoms with Gasteiger partial charge in [-0.1, -0.05) is 18.2 Å². The first-order valence-corrected chi connectivity index (χ1v) is 6.67. The van der Waals surface area contributed by atoms with Crippen molar-refractivity contribution in [3.63, 3.8) is 0 Å². The molecule has 1 spiro atoms. The normalized spacial score (nSPS) is 30.1. The Morgan fingerprint density at radius 1 is 1.20 bits per heavy atom.